The Morgan fingerprint density at radius 1 is 0.190 bits per heavy atom. The molecule has 0 N–H and O–H groups in total. The Kier molecular flexibility index (Phi) is 6.77. The van der Waals surface area contributed by atoms with Crippen LogP contribution >= 0.6 is 0 Å². The second-order valence-electron chi connectivity index (χ2n) is 7.12. The molecule has 1 saturated carbocycles. The van der Waals surface area contributed by atoms with Gasteiger partial charge < -0.3 is 0 Å². The zero-order valence-corrected chi connectivity index (χ0v) is 18.2. The predicted molar refractivity (Wildman–Crippen MR) is 100 cm³/mol. The van der Waals surface area contributed by atoms with Gasteiger partial charge in [0.25, 0.3) is 0 Å². The van der Waals surface area contributed by atoms with E-state index in [2.05, 4.69) is 0 Å². The summed E-state index contributed by atoms with van der Waals surface area (Å²) in [4.78, 5) is 100.0. The van der Waals surface area contributed by atoms with Crippen LogP contribution in [0.1, 0.15) is 0 Å². The summed E-state index contributed by atoms with van der Waals surface area (Å²) in [6, 6.07) is 0. The van der Waals surface area contributed by atoms with Crippen LogP contribution in [0, 0.1) is 121 Å². The van der Waals surface area contributed by atoms with E-state index in [0.717, 1.165) is 0 Å². The first kappa shape index (κ1) is 32.8. The summed E-state index contributed by atoms with van der Waals surface area (Å²) in [5, 5.41) is 145. The normalized spacial score (nSPS) is 20.0. The van der Waals surface area contributed by atoms with Gasteiger partial charge in [0.05, 0.1) is 0 Å². The van der Waals surface area contributed by atoms with Crippen molar-refractivity contribution in [3.8, 4) is 0 Å². The Balaban J connectivity index is 5.98. The smallest absolute Gasteiger partial charge is 0.257 e. The largest absolute Gasteiger partial charge is 0.768 e. The molecule has 0 unspecified atom stereocenters. The average molecular weight is 624 g/mol. The van der Waals surface area contributed by atoms with E-state index in [1.54, 1.807) is 0 Å². The SMILES string of the molecule is O=[N+]([O-])C1([N+](=O)[O-])C([N+](=O)[O-])([N+](=O)[O-])C([N+](=O)[O-])([N+](=O)[O-])C([N+](=O)[O-])([N+](=O)[O-])C([N+](=O)[O-])([N+](=O)[O-])C1([N+](=O)[O-])[N+](=O)[O-]. The van der Waals surface area contributed by atoms with E-state index in [1.807, 2.05) is 0 Å². The summed E-state index contributed by atoms with van der Waals surface area (Å²) in [5.74, 6) is 0. The van der Waals surface area contributed by atoms with Crippen LogP contribution in [0.3, 0.4) is 0 Å². The quantitative estimate of drug-likeness (QED) is 0.112. The van der Waals surface area contributed by atoms with Gasteiger partial charge in [-0.25, -0.2) is 0 Å². The second-order valence-corrected chi connectivity index (χ2v) is 7.12. The van der Waals surface area contributed by atoms with Crippen LogP contribution in [0.5, 0.6) is 0 Å². The fraction of sp³-hybridized carbons (Fsp3) is 1.00. The molecule has 0 heterocycles. The van der Waals surface area contributed by atoms with Crippen molar-refractivity contribution >= 4 is 0 Å². The van der Waals surface area contributed by atoms with Crippen molar-refractivity contribution in [2.75, 3.05) is 0 Å². The van der Waals surface area contributed by atoms with Gasteiger partial charge in [0.2, 0.25) is 0 Å². The third-order valence-corrected chi connectivity index (χ3v) is 6.09. The number of hydrogen-bond donors (Lipinski definition) is 0. The van der Waals surface area contributed by atoms with Crippen molar-refractivity contribution in [1.29, 1.82) is 0 Å². The van der Waals surface area contributed by atoms with Crippen molar-refractivity contribution in [1.82, 2.24) is 0 Å². The van der Waals surface area contributed by atoms with Crippen LogP contribution in [0.2, 0.25) is 0 Å². The van der Waals surface area contributed by atoms with Crippen LogP contribution in [-0.4, -0.2) is 93.1 Å². The molecule has 1 aliphatic carbocycles. The molecule has 1 rings (SSSR count). The molecule has 36 heteroatoms. The zero-order chi connectivity index (χ0) is 33.9. The average Bonchev–Trinajstić information content (AvgIpc) is 2.78. The Hall–Kier alpha value is -7.20. The highest BCUT2D eigenvalue weighted by molar-refractivity contribution is 5.23. The van der Waals surface area contributed by atoms with Crippen LogP contribution in [0.15, 0.2) is 0 Å². The molecule has 0 aromatic heterocycles. The van der Waals surface area contributed by atoms with Gasteiger partial charge in [0.15, 0.2) is 0 Å². The molecule has 0 aromatic rings. The first-order chi connectivity index (χ1) is 18.8. The maximum absolute atomic E-state index is 12.1. The molecular formula is C6N12O24. The number of nitrogens with zero attached hydrogens (tertiary/aromatic N) is 12. The summed E-state index contributed by atoms with van der Waals surface area (Å²) in [6.45, 7) is 0. The molecule has 0 saturated heterocycles. The molecule has 1 aliphatic rings. The maximum Gasteiger partial charge on any atom is 0.768 e. The van der Waals surface area contributed by atoms with E-state index in [-0.39, 0.29) is 0 Å². The molecule has 0 atom stereocenters. The summed E-state index contributed by atoms with van der Waals surface area (Å²) in [5.41, 5.74) is -45.7. The van der Waals surface area contributed by atoms with Crippen LogP contribution in [-0.2, 0) is 0 Å². The topological polar surface area (TPSA) is 518 Å². The molecule has 42 heavy (non-hydrogen) atoms. The third-order valence-electron chi connectivity index (χ3n) is 6.09. The van der Waals surface area contributed by atoms with Crippen LogP contribution < -0.4 is 0 Å². The minimum Gasteiger partial charge on any atom is -0.257 e. The molecule has 1 fully saturated rings. The van der Waals surface area contributed by atoms with Gasteiger partial charge in [0, 0.05) is 0 Å². The lowest BCUT2D eigenvalue weighted by atomic mass is 9.54. The highest BCUT2D eigenvalue weighted by Gasteiger charge is 3.47. The third kappa shape index (κ3) is 2.35. The van der Waals surface area contributed by atoms with Crippen LogP contribution in [0.25, 0.3) is 0 Å². The summed E-state index contributed by atoms with van der Waals surface area (Å²) >= 11 is 0. The molecule has 36 nitrogen and oxygen atoms in total. The number of hydrogen-bond acceptors (Lipinski definition) is 24. The lowest BCUT2D eigenvalue weighted by molar-refractivity contribution is -1.14. The van der Waals surface area contributed by atoms with Gasteiger partial charge in [0.1, 0.15) is 59.1 Å². The summed E-state index contributed by atoms with van der Waals surface area (Å²) < 4.78 is 0. The lowest BCUT2D eigenvalue weighted by Gasteiger charge is -2.36. The van der Waals surface area contributed by atoms with Gasteiger partial charge in [-0.15, -0.1) is 0 Å². The molecule has 0 aliphatic heterocycles. The Bertz CT molecular complexity index is 1070. The van der Waals surface area contributed by atoms with Crippen molar-refractivity contribution in [2.24, 2.45) is 0 Å². The van der Waals surface area contributed by atoms with Crippen LogP contribution in [0.4, 0.5) is 0 Å². The van der Waals surface area contributed by atoms with Crippen molar-refractivity contribution in [3.05, 3.63) is 121 Å². The molecule has 0 amide bonds. The molecule has 0 spiro atoms. The number of nitro groups is 12. The fourth-order valence-corrected chi connectivity index (χ4v) is 4.91. The molecular weight excluding hydrogens is 624 g/mol. The van der Waals surface area contributed by atoms with E-state index in [1.165, 1.54) is 0 Å². The lowest BCUT2D eigenvalue weighted by Crippen LogP contribution is -3.09. The Morgan fingerprint density at radius 2 is 0.238 bits per heavy atom. The Morgan fingerprint density at radius 3 is 0.262 bits per heavy atom. The number of rotatable bonds is 12. The fourth-order valence-electron chi connectivity index (χ4n) is 4.91. The monoisotopic (exact) mass is 624 g/mol. The zero-order valence-electron chi connectivity index (χ0n) is 18.2. The highest BCUT2D eigenvalue weighted by Crippen LogP contribution is 2.65. The highest BCUT2D eigenvalue weighted by atomic mass is 16.8. The van der Waals surface area contributed by atoms with E-state index in [0.29, 0.717) is 0 Å². The van der Waals surface area contributed by atoms with E-state index < -0.39 is 93.1 Å². The van der Waals surface area contributed by atoms with E-state index >= 15 is 0 Å². The second kappa shape index (κ2) is 8.66. The molecule has 0 bridgehead atoms. The minimum atomic E-state index is -7.62. The first-order valence-electron chi connectivity index (χ1n) is 8.57. The maximum atomic E-state index is 12.1. The standard InChI is InChI=1S/C6N12O24/c19-7(20)1(8(21)22)2(9(23)24,10(25)26)4(13(31)32,14(33)34)6(17(39)40,18(41)42)5(15(35)36,16(37)38)3(1,11(27)28)12(29)30. The summed E-state index contributed by atoms with van der Waals surface area (Å²) in [7, 11) is 0. The van der Waals surface area contributed by atoms with E-state index in [4.69, 9.17) is 0 Å². The summed E-state index contributed by atoms with van der Waals surface area (Å²) in [6.07, 6.45) is 0. The first-order valence-corrected chi connectivity index (χ1v) is 8.57. The van der Waals surface area contributed by atoms with Gasteiger partial charge >= 0.3 is 34.0 Å². The molecule has 0 aromatic carbocycles. The van der Waals surface area contributed by atoms with Crippen molar-refractivity contribution < 1.29 is 59.1 Å². The molecule has 0 radical (unpaired) electrons. The molecule has 228 valence electrons. The Labute approximate surface area is 215 Å². The van der Waals surface area contributed by atoms with E-state index in [9.17, 15) is 121 Å². The van der Waals surface area contributed by atoms with Gasteiger partial charge in [-0.3, -0.25) is 121 Å². The van der Waals surface area contributed by atoms with Gasteiger partial charge in [-0.05, 0) is 0 Å². The van der Waals surface area contributed by atoms with Gasteiger partial charge in [-0.1, -0.05) is 0 Å². The van der Waals surface area contributed by atoms with Crippen molar-refractivity contribution in [3.63, 3.8) is 0 Å². The van der Waals surface area contributed by atoms with Gasteiger partial charge in [-0.2, -0.15) is 0 Å². The minimum absolute atomic E-state index is 3.77. The predicted octanol–water partition coefficient (Wildman–Crippen LogP) is -4.50. The van der Waals surface area contributed by atoms with Crippen molar-refractivity contribution in [2.45, 2.75) is 34.0 Å².